The van der Waals surface area contributed by atoms with Crippen molar-refractivity contribution in [3.05, 3.63) is 59.1 Å². The molecule has 2 rings (SSSR count). The van der Waals surface area contributed by atoms with Gasteiger partial charge in [0, 0.05) is 11.2 Å². The predicted octanol–water partition coefficient (Wildman–Crippen LogP) is 2.67. The highest BCUT2D eigenvalue weighted by molar-refractivity contribution is 6.30. The Hall–Kier alpha value is -2.47. The van der Waals surface area contributed by atoms with E-state index in [0.29, 0.717) is 0 Å². The Balaban J connectivity index is 1.89. The van der Waals surface area contributed by atoms with Crippen molar-refractivity contribution >= 4 is 29.2 Å². The molecule has 0 unspecified atom stereocenters. The highest BCUT2D eigenvalue weighted by atomic mass is 35.5. The summed E-state index contributed by atoms with van der Waals surface area (Å²) in [5.41, 5.74) is 0.0428. The maximum Gasteiger partial charge on any atom is 0.357 e. The molecule has 108 valence electrons. The SMILES string of the molecule is O=C(COC(=O)c1ccccn1)Nc1ccc(Cl)cc1F. The van der Waals surface area contributed by atoms with Crippen LogP contribution < -0.4 is 5.32 Å². The average Bonchev–Trinajstić information content (AvgIpc) is 2.48. The molecule has 1 amide bonds. The van der Waals surface area contributed by atoms with Crippen LogP contribution in [-0.2, 0) is 9.53 Å². The molecule has 21 heavy (non-hydrogen) atoms. The summed E-state index contributed by atoms with van der Waals surface area (Å²) in [4.78, 5) is 26.9. The summed E-state index contributed by atoms with van der Waals surface area (Å²) < 4.78 is 18.2. The number of aromatic nitrogens is 1. The van der Waals surface area contributed by atoms with Crippen LogP contribution in [0.15, 0.2) is 42.6 Å². The minimum absolute atomic E-state index is 0.0433. The number of ether oxygens (including phenoxy) is 1. The van der Waals surface area contributed by atoms with Crippen LogP contribution in [0.1, 0.15) is 10.5 Å². The molecule has 1 N–H and O–H groups in total. The first-order valence-corrected chi connectivity index (χ1v) is 6.27. The molecule has 0 saturated carbocycles. The van der Waals surface area contributed by atoms with Crippen LogP contribution in [0.25, 0.3) is 0 Å². The standard InChI is InChI=1S/C14H10ClFN2O3/c15-9-4-5-11(10(16)7-9)18-13(19)8-21-14(20)12-3-1-2-6-17-12/h1-7H,8H2,(H,18,19). The largest absolute Gasteiger partial charge is 0.451 e. The van der Waals surface area contributed by atoms with E-state index < -0.39 is 24.3 Å². The summed E-state index contributed by atoms with van der Waals surface area (Å²) in [5, 5.41) is 2.49. The van der Waals surface area contributed by atoms with Crippen LogP contribution >= 0.6 is 11.6 Å². The first-order chi connectivity index (χ1) is 10.1. The molecule has 0 aliphatic heterocycles. The molecule has 0 aliphatic rings. The van der Waals surface area contributed by atoms with E-state index >= 15 is 0 Å². The number of benzene rings is 1. The van der Waals surface area contributed by atoms with Gasteiger partial charge in [-0.15, -0.1) is 0 Å². The average molecular weight is 309 g/mol. The van der Waals surface area contributed by atoms with Gasteiger partial charge in [-0.2, -0.15) is 0 Å². The fourth-order valence-electron chi connectivity index (χ4n) is 1.47. The molecule has 0 atom stereocenters. The topological polar surface area (TPSA) is 68.3 Å². The summed E-state index contributed by atoms with van der Waals surface area (Å²) >= 11 is 5.60. The lowest BCUT2D eigenvalue weighted by molar-refractivity contribution is -0.119. The van der Waals surface area contributed by atoms with E-state index in [1.807, 2.05) is 0 Å². The van der Waals surface area contributed by atoms with E-state index in [1.165, 1.54) is 24.4 Å². The fraction of sp³-hybridized carbons (Fsp3) is 0.0714. The van der Waals surface area contributed by atoms with Crippen molar-refractivity contribution in [3.8, 4) is 0 Å². The number of nitrogens with zero attached hydrogens (tertiary/aromatic N) is 1. The molecule has 0 spiro atoms. The first kappa shape index (κ1) is 14.9. The Morgan fingerprint density at radius 2 is 2.10 bits per heavy atom. The van der Waals surface area contributed by atoms with Gasteiger partial charge in [-0.25, -0.2) is 14.2 Å². The quantitative estimate of drug-likeness (QED) is 0.882. The number of amides is 1. The Labute approximate surface area is 124 Å². The minimum atomic E-state index is -0.734. The molecule has 5 nitrogen and oxygen atoms in total. The third-order valence-corrected chi connectivity index (χ3v) is 2.65. The van der Waals surface area contributed by atoms with E-state index in [0.717, 1.165) is 6.07 Å². The van der Waals surface area contributed by atoms with Crippen LogP contribution in [0, 0.1) is 5.82 Å². The number of hydrogen-bond donors (Lipinski definition) is 1. The normalized spacial score (nSPS) is 10.0. The number of halogens is 2. The number of esters is 1. The van der Waals surface area contributed by atoms with Gasteiger partial charge < -0.3 is 10.1 Å². The van der Waals surface area contributed by atoms with E-state index in [1.54, 1.807) is 12.1 Å². The van der Waals surface area contributed by atoms with Crippen molar-refractivity contribution in [3.63, 3.8) is 0 Å². The molecule has 7 heteroatoms. The van der Waals surface area contributed by atoms with Crippen molar-refractivity contribution in [2.24, 2.45) is 0 Å². The number of rotatable bonds is 4. The van der Waals surface area contributed by atoms with Crippen molar-refractivity contribution in [1.82, 2.24) is 4.98 Å². The number of carbonyl (C=O) groups excluding carboxylic acids is 2. The van der Waals surface area contributed by atoms with Crippen molar-refractivity contribution in [2.45, 2.75) is 0 Å². The van der Waals surface area contributed by atoms with Crippen molar-refractivity contribution in [1.29, 1.82) is 0 Å². The van der Waals surface area contributed by atoms with Gasteiger partial charge in [0.2, 0.25) is 0 Å². The van der Waals surface area contributed by atoms with Gasteiger partial charge in [0.15, 0.2) is 6.61 Å². The summed E-state index contributed by atoms with van der Waals surface area (Å²) in [6.07, 6.45) is 1.43. The zero-order valence-corrected chi connectivity index (χ0v) is 11.4. The summed E-state index contributed by atoms with van der Waals surface area (Å²) in [5.74, 6) is -2.07. The molecule has 0 fully saturated rings. The lowest BCUT2D eigenvalue weighted by Gasteiger charge is -2.07. The molecule has 1 aromatic carbocycles. The molecule has 2 aromatic rings. The number of hydrogen-bond acceptors (Lipinski definition) is 4. The van der Waals surface area contributed by atoms with Crippen molar-refractivity contribution < 1.29 is 18.7 Å². The maximum absolute atomic E-state index is 13.5. The number of carbonyl (C=O) groups is 2. The minimum Gasteiger partial charge on any atom is -0.451 e. The molecule has 1 aromatic heterocycles. The number of nitrogens with one attached hydrogen (secondary N) is 1. The molecule has 1 heterocycles. The van der Waals surface area contributed by atoms with Crippen LogP contribution in [0.4, 0.5) is 10.1 Å². The van der Waals surface area contributed by atoms with Gasteiger partial charge >= 0.3 is 5.97 Å². The van der Waals surface area contributed by atoms with E-state index in [-0.39, 0.29) is 16.4 Å². The third-order valence-electron chi connectivity index (χ3n) is 2.41. The molecular formula is C14H10ClFN2O3. The number of anilines is 1. The lowest BCUT2D eigenvalue weighted by Crippen LogP contribution is -2.21. The predicted molar refractivity (Wildman–Crippen MR) is 74.6 cm³/mol. The van der Waals surface area contributed by atoms with E-state index in [9.17, 15) is 14.0 Å². The lowest BCUT2D eigenvalue weighted by atomic mass is 10.3. The van der Waals surface area contributed by atoms with Gasteiger partial charge in [0.1, 0.15) is 11.5 Å². The van der Waals surface area contributed by atoms with Crippen LogP contribution in [-0.4, -0.2) is 23.5 Å². The molecule has 0 radical (unpaired) electrons. The Morgan fingerprint density at radius 3 is 2.76 bits per heavy atom. The van der Waals surface area contributed by atoms with Gasteiger partial charge in [-0.05, 0) is 30.3 Å². The Kier molecular flexibility index (Phi) is 4.84. The van der Waals surface area contributed by atoms with Crippen molar-refractivity contribution in [2.75, 3.05) is 11.9 Å². The summed E-state index contributed by atoms with van der Waals surface area (Å²) in [6, 6.07) is 8.53. The van der Waals surface area contributed by atoms with Gasteiger partial charge in [0.25, 0.3) is 5.91 Å². The van der Waals surface area contributed by atoms with Crippen LogP contribution in [0.2, 0.25) is 5.02 Å². The molecular weight excluding hydrogens is 299 g/mol. The van der Waals surface area contributed by atoms with E-state index in [4.69, 9.17) is 16.3 Å². The highest BCUT2D eigenvalue weighted by Gasteiger charge is 2.12. The zero-order valence-electron chi connectivity index (χ0n) is 10.7. The third kappa shape index (κ3) is 4.25. The van der Waals surface area contributed by atoms with Gasteiger partial charge in [0.05, 0.1) is 5.69 Å². The van der Waals surface area contributed by atoms with Crippen LogP contribution in [0.5, 0.6) is 0 Å². The second-order valence-corrected chi connectivity index (χ2v) is 4.40. The van der Waals surface area contributed by atoms with Gasteiger partial charge in [-0.1, -0.05) is 17.7 Å². The summed E-state index contributed by atoms with van der Waals surface area (Å²) in [7, 11) is 0. The molecule has 0 aliphatic carbocycles. The smallest absolute Gasteiger partial charge is 0.357 e. The Morgan fingerprint density at radius 1 is 1.29 bits per heavy atom. The second kappa shape index (κ2) is 6.81. The fourth-order valence-corrected chi connectivity index (χ4v) is 1.62. The maximum atomic E-state index is 13.5. The summed E-state index contributed by atoms with van der Waals surface area (Å²) in [6.45, 7) is -0.544. The molecule has 0 bridgehead atoms. The molecule has 0 saturated heterocycles. The van der Waals surface area contributed by atoms with Gasteiger partial charge in [-0.3, -0.25) is 4.79 Å². The second-order valence-electron chi connectivity index (χ2n) is 3.96. The number of pyridine rings is 1. The first-order valence-electron chi connectivity index (χ1n) is 5.89. The monoisotopic (exact) mass is 308 g/mol. The Bertz CT molecular complexity index is 665. The van der Waals surface area contributed by atoms with E-state index in [2.05, 4.69) is 10.3 Å². The highest BCUT2D eigenvalue weighted by Crippen LogP contribution is 2.18. The van der Waals surface area contributed by atoms with Crippen LogP contribution in [0.3, 0.4) is 0 Å². The zero-order chi connectivity index (χ0) is 15.2.